The predicted molar refractivity (Wildman–Crippen MR) is 84.5 cm³/mol. The van der Waals surface area contributed by atoms with E-state index in [0.29, 0.717) is 21.5 Å². The van der Waals surface area contributed by atoms with Gasteiger partial charge in [0.2, 0.25) is 0 Å². The highest BCUT2D eigenvalue weighted by atomic mass is 35.5. The molecule has 3 rings (SSSR count). The molecule has 0 saturated heterocycles. The Hall–Kier alpha value is -1.78. The number of carboxylic acid groups (broad SMARTS) is 2. The molecular weight excluding hydrogens is 330 g/mol. The third kappa shape index (κ3) is 4.36. The maximum Gasteiger partial charge on any atom is 0.503 e. The molecule has 2 aromatic rings. The Bertz CT molecular complexity index is 696. The lowest BCUT2D eigenvalue weighted by Crippen LogP contribution is -1.88. The smallest absolute Gasteiger partial charge is 0.450 e. The molecule has 1 saturated carbocycles. The summed E-state index contributed by atoms with van der Waals surface area (Å²) in [5.41, 5.74) is 2.42. The van der Waals surface area contributed by atoms with Crippen LogP contribution >= 0.6 is 23.2 Å². The molecule has 0 aliphatic heterocycles. The lowest BCUT2D eigenvalue weighted by molar-refractivity contribution is 0.137. The van der Waals surface area contributed by atoms with Crippen LogP contribution in [0.25, 0.3) is 11.1 Å². The largest absolute Gasteiger partial charge is 0.503 e. The van der Waals surface area contributed by atoms with Crippen LogP contribution in [0.1, 0.15) is 24.3 Å². The second-order valence-corrected chi connectivity index (χ2v) is 5.74. The van der Waals surface area contributed by atoms with E-state index in [1.807, 2.05) is 12.1 Å². The first-order valence-electron chi connectivity index (χ1n) is 6.55. The predicted octanol–water partition coefficient (Wildman–Crippen LogP) is 5.90. The molecule has 1 aliphatic rings. The van der Waals surface area contributed by atoms with Gasteiger partial charge in [-0.15, -0.1) is 0 Å². The molecule has 0 aromatic heterocycles. The van der Waals surface area contributed by atoms with Gasteiger partial charge in [-0.1, -0.05) is 41.4 Å². The number of carbonyl (C=O) groups is 1. The van der Waals surface area contributed by atoms with Crippen molar-refractivity contribution in [1.82, 2.24) is 0 Å². The van der Waals surface area contributed by atoms with E-state index in [-0.39, 0.29) is 5.82 Å². The van der Waals surface area contributed by atoms with Crippen LogP contribution in [-0.2, 0) is 0 Å². The van der Waals surface area contributed by atoms with Gasteiger partial charge in [-0.05, 0) is 48.1 Å². The molecule has 0 bridgehead atoms. The molecule has 3 nitrogen and oxygen atoms in total. The van der Waals surface area contributed by atoms with E-state index in [9.17, 15) is 4.39 Å². The fourth-order valence-corrected chi connectivity index (χ4v) is 2.40. The zero-order valence-corrected chi connectivity index (χ0v) is 12.9. The number of benzene rings is 2. The van der Waals surface area contributed by atoms with Crippen LogP contribution in [-0.4, -0.2) is 16.4 Å². The Labute approximate surface area is 136 Å². The molecule has 1 aliphatic carbocycles. The average Bonchev–Trinajstić information content (AvgIpc) is 3.26. The minimum Gasteiger partial charge on any atom is -0.450 e. The maximum atomic E-state index is 14.1. The molecule has 0 amide bonds. The van der Waals surface area contributed by atoms with Crippen LogP contribution in [0.5, 0.6) is 0 Å². The minimum atomic E-state index is -1.83. The van der Waals surface area contributed by atoms with Gasteiger partial charge in [0, 0.05) is 5.56 Å². The van der Waals surface area contributed by atoms with Crippen LogP contribution in [0, 0.1) is 5.82 Å². The van der Waals surface area contributed by atoms with Crippen LogP contribution < -0.4 is 0 Å². The lowest BCUT2D eigenvalue weighted by Gasteiger charge is -2.07. The van der Waals surface area contributed by atoms with Crippen molar-refractivity contribution in [3.05, 3.63) is 57.8 Å². The van der Waals surface area contributed by atoms with Gasteiger partial charge in [-0.3, -0.25) is 0 Å². The Kier molecular flexibility index (Phi) is 5.27. The van der Waals surface area contributed by atoms with Crippen molar-refractivity contribution >= 4 is 29.4 Å². The van der Waals surface area contributed by atoms with Gasteiger partial charge >= 0.3 is 6.16 Å². The summed E-state index contributed by atoms with van der Waals surface area (Å²) in [5, 5.41) is 14.9. The molecule has 2 N–H and O–H groups in total. The molecule has 0 spiro atoms. The first-order chi connectivity index (χ1) is 10.4. The van der Waals surface area contributed by atoms with E-state index in [1.54, 1.807) is 24.3 Å². The van der Waals surface area contributed by atoms with Crippen molar-refractivity contribution in [3.63, 3.8) is 0 Å². The Morgan fingerprint density at radius 1 is 1.05 bits per heavy atom. The second-order valence-electron chi connectivity index (χ2n) is 4.93. The molecule has 0 heterocycles. The third-order valence-electron chi connectivity index (χ3n) is 3.27. The van der Waals surface area contributed by atoms with Crippen LogP contribution in [0.2, 0.25) is 10.0 Å². The summed E-state index contributed by atoms with van der Waals surface area (Å²) in [6.07, 6.45) is 0.511. The molecule has 0 atom stereocenters. The summed E-state index contributed by atoms with van der Waals surface area (Å²) in [4.78, 5) is 8.56. The molecule has 0 radical (unpaired) electrons. The number of rotatable bonds is 2. The highest BCUT2D eigenvalue weighted by Gasteiger charge is 2.24. The average molecular weight is 343 g/mol. The molecule has 1 fully saturated rings. The molecular formula is C16H13Cl2FO3. The zero-order valence-electron chi connectivity index (χ0n) is 11.4. The van der Waals surface area contributed by atoms with Crippen LogP contribution in [0.4, 0.5) is 9.18 Å². The van der Waals surface area contributed by atoms with E-state index in [1.165, 1.54) is 12.8 Å². The van der Waals surface area contributed by atoms with Crippen molar-refractivity contribution in [2.45, 2.75) is 18.8 Å². The normalized spacial score (nSPS) is 13.2. The van der Waals surface area contributed by atoms with Gasteiger partial charge < -0.3 is 10.2 Å². The van der Waals surface area contributed by atoms with Crippen molar-refractivity contribution in [3.8, 4) is 11.1 Å². The fourth-order valence-electron chi connectivity index (χ4n) is 2.10. The van der Waals surface area contributed by atoms with Crippen molar-refractivity contribution < 1.29 is 19.4 Å². The first-order valence-corrected chi connectivity index (χ1v) is 7.31. The Balaban J connectivity index is 0.000000396. The second kappa shape index (κ2) is 6.99. The lowest BCUT2D eigenvalue weighted by atomic mass is 10.0. The maximum absolute atomic E-state index is 14.1. The number of hydrogen-bond acceptors (Lipinski definition) is 1. The van der Waals surface area contributed by atoms with Gasteiger partial charge in [0.15, 0.2) is 0 Å². The van der Waals surface area contributed by atoms with Crippen LogP contribution in [0.15, 0.2) is 36.4 Å². The fraction of sp³-hybridized carbons (Fsp3) is 0.188. The Morgan fingerprint density at radius 2 is 1.68 bits per heavy atom. The van der Waals surface area contributed by atoms with Gasteiger partial charge in [-0.2, -0.15) is 0 Å². The standard InChI is InChI=1S/C15H11Cl2F.CH2O3/c16-13-6-4-11(7-14(13)17)12-5-3-10(8-15(12)18)9-1-2-9;2-1(3)4/h3-9H,1-2H2;(H2,2,3,4). The van der Waals surface area contributed by atoms with E-state index in [2.05, 4.69) is 0 Å². The van der Waals surface area contributed by atoms with Crippen molar-refractivity contribution in [2.75, 3.05) is 0 Å². The van der Waals surface area contributed by atoms with E-state index in [0.717, 1.165) is 11.1 Å². The molecule has 0 unspecified atom stereocenters. The van der Waals surface area contributed by atoms with Crippen LogP contribution in [0.3, 0.4) is 0 Å². The quantitative estimate of drug-likeness (QED) is 0.714. The molecule has 6 heteroatoms. The summed E-state index contributed by atoms with van der Waals surface area (Å²) in [6, 6.07) is 10.6. The van der Waals surface area contributed by atoms with E-state index >= 15 is 0 Å². The third-order valence-corrected chi connectivity index (χ3v) is 4.01. The summed E-state index contributed by atoms with van der Waals surface area (Å²) >= 11 is 11.8. The highest BCUT2D eigenvalue weighted by Crippen LogP contribution is 2.41. The zero-order chi connectivity index (χ0) is 16.3. The van der Waals surface area contributed by atoms with Crippen molar-refractivity contribution in [2.24, 2.45) is 0 Å². The SMILES string of the molecule is Fc1cc(C2CC2)ccc1-c1ccc(Cl)c(Cl)c1.O=C(O)O. The summed E-state index contributed by atoms with van der Waals surface area (Å²) in [7, 11) is 0. The molecule has 22 heavy (non-hydrogen) atoms. The van der Waals surface area contributed by atoms with E-state index < -0.39 is 6.16 Å². The van der Waals surface area contributed by atoms with Gasteiger partial charge in [-0.25, -0.2) is 9.18 Å². The molecule has 116 valence electrons. The topological polar surface area (TPSA) is 57.5 Å². The summed E-state index contributed by atoms with van der Waals surface area (Å²) < 4.78 is 14.1. The minimum absolute atomic E-state index is 0.196. The first kappa shape index (κ1) is 16.6. The van der Waals surface area contributed by atoms with Gasteiger partial charge in [0.25, 0.3) is 0 Å². The Morgan fingerprint density at radius 3 is 2.18 bits per heavy atom. The number of halogens is 3. The van der Waals surface area contributed by atoms with E-state index in [4.69, 9.17) is 38.2 Å². The summed E-state index contributed by atoms with van der Waals surface area (Å²) in [6.45, 7) is 0. The van der Waals surface area contributed by atoms with Gasteiger partial charge in [0.05, 0.1) is 10.0 Å². The monoisotopic (exact) mass is 342 g/mol. The molecule has 2 aromatic carbocycles. The summed E-state index contributed by atoms with van der Waals surface area (Å²) in [5.74, 6) is 0.361. The number of hydrogen-bond donors (Lipinski definition) is 2. The van der Waals surface area contributed by atoms with Crippen molar-refractivity contribution in [1.29, 1.82) is 0 Å². The highest BCUT2D eigenvalue weighted by molar-refractivity contribution is 6.42. The van der Waals surface area contributed by atoms with Gasteiger partial charge in [0.1, 0.15) is 5.82 Å².